The average Bonchev–Trinajstić information content (AvgIpc) is 3.02. The molecular formula is C16H18N6O2. The SMILES string of the molecule is COc1ncc2ccc3c(C(N)=O)nn(C4CCNCC4)c3c2n1. The Hall–Kier alpha value is -2.74. The number of nitrogens with one attached hydrogen (secondary N) is 1. The van der Waals surface area contributed by atoms with Gasteiger partial charge in [0, 0.05) is 17.0 Å². The molecule has 0 saturated carbocycles. The number of benzene rings is 1. The minimum absolute atomic E-state index is 0.202. The van der Waals surface area contributed by atoms with Gasteiger partial charge < -0.3 is 15.8 Å². The van der Waals surface area contributed by atoms with E-state index in [9.17, 15) is 4.79 Å². The molecule has 2 aromatic heterocycles. The number of fused-ring (bicyclic) bond motifs is 3. The number of methoxy groups -OCH3 is 1. The number of primary amides is 1. The maximum Gasteiger partial charge on any atom is 0.316 e. The van der Waals surface area contributed by atoms with E-state index in [1.807, 2.05) is 16.8 Å². The fourth-order valence-corrected chi connectivity index (χ4v) is 3.30. The third-order valence-electron chi connectivity index (χ3n) is 4.47. The summed E-state index contributed by atoms with van der Waals surface area (Å²) < 4.78 is 7.07. The first kappa shape index (κ1) is 14.8. The number of nitrogens with zero attached hydrogens (tertiary/aromatic N) is 4. The van der Waals surface area contributed by atoms with Gasteiger partial charge in [-0.2, -0.15) is 10.1 Å². The zero-order valence-corrected chi connectivity index (χ0v) is 13.3. The van der Waals surface area contributed by atoms with Gasteiger partial charge in [0.2, 0.25) is 0 Å². The summed E-state index contributed by atoms with van der Waals surface area (Å²) in [4.78, 5) is 20.5. The molecule has 0 aliphatic carbocycles. The van der Waals surface area contributed by atoms with Crippen LogP contribution in [0.2, 0.25) is 0 Å². The quantitative estimate of drug-likeness (QED) is 0.744. The van der Waals surface area contributed by atoms with E-state index in [1.54, 1.807) is 6.20 Å². The van der Waals surface area contributed by atoms with Crippen LogP contribution in [-0.2, 0) is 0 Å². The van der Waals surface area contributed by atoms with E-state index < -0.39 is 5.91 Å². The summed E-state index contributed by atoms with van der Waals surface area (Å²) in [5.74, 6) is -0.534. The molecule has 1 aliphatic rings. The van der Waals surface area contributed by atoms with Crippen LogP contribution in [0, 0.1) is 0 Å². The maximum absolute atomic E-state index is 11.8. The van der Waals surface area contributed by atoms with Crippen molar-refractivity contribution in [3.05, 3.63) is 24.0 Å². The first-order chi connectivity index (χ1) is 11.7. The first-order valence-electron chi connectivity index (χ1n) is 7.91. The highest BCUT2D eigenvalue weighted by molar-refractivity contribution is 6.11. The van der Waals surface area contributed by atoms with Crippen molar-refractivity contribution in [3.63, 3.8) is 0 Å². The average molecular weight is 326 g/mol. The molecule has 0 radical (unpaired) electrons. The Kier molecular flexibility index (Phi) is 3.53. The highest BCUT2D eigenvalue weighted by Crippen LogP contribution is 2.31. The standard InChI is InChI=1S/C16H18N6O2/c1-24-16-19-8-9-2-3-11-13(15(17)23)21-22(14(11)12(9)20-16)10-4-6-18-7-5-10/h2-3,8,10,18H,4-7H2,1H3,(H2,17,23). The lowest BCUT2D eigenvalue weighted by atomic mass is 10.1. The van der Waals surface area contributed by atoms with Crippen LogP contribution in [0.15, 0.2) is 18.3 Å². The van der Waals surface area contributed by atoms with Crippen LogP contribution in [0.1, 0.15) is 29.4 Å². The van der Waals surface area contributed by atoms with Crippen molar-refractivity contribution in [1.82, 2.24) is 25.1 Å². The van der Waals surface area contributed by atoms with Gasteiger partial charge in [-0.15, -0.1) is 0 Å². The highest BCUT2D eigenvalue weighted by Gasteiger charge is 2.24. The second-order valence-corrected chi connectivity index (χ2v) is 5.89. The van der Waals surface area contributed by atoms with Crippen LogP contribution < -0.4 is 15.8 Å². The van der Waals surface area contributed by atoms with E-state index in [4.69, 9.17) is 10.5 Å². The van der Waals surface area contributed by atoms with Crippen LogP contribution in [0.4, 0.5) is 0 Å². The molecule has 0 unspecified atom stereocenters. The fourth-order valence-electron chi connectivity index (χ4n) is 3.30. The molecule has 3 aromatic rings. The van der Waals surface area contributed by atoms with Gasteiger partial charge in [0.1, 0.15) is 5.52 Å². The normalized spacial score (nSPS) is 15.9. The van der Waals surface area contributed by atoms with E-state index >= 15 is 0 Å². The van der Waals surface area contributed by atoms with E-state index in [1.165, 1.54) is 7.11 Å². The number of carbonyl (C=O) groups is 1. The molecule has 1 aliphatic heterocycles. The van der Waals surface area contributed by atoms with E-state index in [0.29, 0.717) is 5.39 Å². The Morgan fingerprint density at radius 2 is 2.17 bits per heavy atom. The Labute approximate surface area is 138 Å². The second-order valence-electron chi connectivity index (χ2n) is 5.89. The number of rotatable bonds is 3. The molecule has 124 valence electrons. The van der Waals surface area contributed by atoms with Crippen molar-refractivity contribution >= 4 is 27.7 Å². The van der Waals surface area contributed by atoms with Gasteiger partial charge in [-0.05, 0) is 32.0 Å². The summed E-state index contributed by atoms with van der Waals surface area (Å²) in [6.07, 6.45) is 3.59. The topological polar surface area (TPSA) is 108 Å². The smallest absolute Gasteiger partial charge is 0.316 e. The molecule has 0 bridgehead atoms. The summed E-state index contributed by atoms with van der Waals surface area (Å²) in [5.41, 5.74) is 7.35. The van der Waals surface area contributed by atoms with Crippen LogP contribution in [0.25, 0.3) is 21.8 Å². The number of hydrogen-bond acceptors (Lipinski definition) is 6. The monoisotopic (exact) mass is 326 g/mol. The van der Waals surface area contributed by atoms with Gasteiger partial charge in [0.15, 0.2) is 5.69 Å². The third-order valence-corrected chi connectivity index (χ3v) is 4.47. The van der Waals surface area contributed by atoms with Crippen LogP contribution in [-0.4, -0.2) is 45.9 Å². The van der Waals surface area contributed by atoms with E-state index in [0.717, 1.165) is 42.4 Å². The molecule has 24 heavy (non-hydrogen) atoms. The van der Waals surface area contributed by atoms with E-state index in [-0.39, 0.29) is 17.7 Å². The molecule has 1 saturated heterocycles. The minimum Gasteiger partial charge on any atom is -0.467 e. The molecule has 8 nitrogen and oxygen atoms in total. The van der Waals surface area contributed by atoms with Gasteiger partial charge in [0.05, 0.1) is 18.7 Å². The Balaban J connectivity index is 2.05. The molecule has 8 heteroatoms. The van der Waals surface area contributed by atoms with Gasteiger partial charge >= 0.3 is 6.01 Å². The summed E-state index contributed by atoms with van der Waals surface area (Å²) in [6.45, 7) is 1.84. The van der Waals surface area contributed by atoms with Gasteiger partial charge in [-0.3, -0.25) is 9.48 Å². The number of nitrogens with two attached hydrogens (primary N) is 1. The highest BCUT2D eigenvalue weighted by atomic mass is 16.5. The Bertz CT molecular complexity index is 929. The molecule has 4 rings (SSSR count). The Morgan fingerprint density at radius 1 is 1.38 bits per heavy atom. The predicted octanol–water partition coefficient (Wildman–Crippen LogP) is 1.01. The van der Waals surface area contributed by atoms with Crippen LogP contribution in [0.3, 0.4) is 0 Å². The number of piperidine rings is 1. The van der Waals surface area contributed by atoms with Crippen molar-refractivity contribution in [1.29, 1.82) is 0 Å². The number of amides is 1. The Morgan fingerprint density at radius 3 is 2.88 bits per heavy atom. The van der Waals surface area contributed by atoms with Gasteiger partial charge in [-0.1, -0.05) is 6.07 Å². The molecule has 1 fully saturated rings. The summed E-state index contributed by atoms with van der Waals surface area (Å²) in [6, 6.07) is 4.22. The molecule has 3 N–H and O–H groups in total. The zero-order valence-electron chi connectivity index (χ0n) is 13.3. The fraction of sp³-hybridized carbons (Fsp3) is 0.375. The number of aromatic nitrogens is 4. The summed E-state index contributed by atoms with van der Waals surface area (Å²) in [7, 11) is 1.53. The molecule has 0 atom stereocenters. The van der Waals surface area contributed by atoms with Crippen LogP contribution in [0.5, 0.6) is 6.01 Å². The lowest BCUT2D eigenvalue weighted by molar-refractivity contribution is 0.0995. The molecular weight excluding hydrogens is 308 g/mol. The second kappa shape index (κ2) is 5.72. The lowest BCUT2D eigenvalue weighted by Crippen LogP contribution is -2.30. The van der Waals surface area contributed by atoms with E-state index in [2.05, 4.69) is 20.4 Å². The van der Waals surface area contributed by atoms with Crippen molar-refractivity contribution in [2.45, 2.75) is 18.9 Å². The number of ether oxygens (including phenoxy) is 1. The van der Waals surface area contributed by atoms with Gasteiger partial charge in [-0.25, -0.2) is 4.98 Å². The van der Waals surface area contributed by atoms with Crippen molar-refractivity contribution in [3.8, 4) is 6.01 Å². The molecule has 1 aromatic carbocycles. The number of carbonyl (C=O) groups excluding carboxylic acids is 1. The molecule has 1 amide bonds. The predicted molar refractivity (Wildman–Crippen MR) is 89.0 cm³/mol. The van der Waals surface area contributed by atoms with Gasteiger partial charge in [0.25, 0.3) is 5.91 Å². The summed E-state index contributed by atoms with van der Waals surface area (Å²) in [5, 5.41) is 9.46. The third kappa shape index (κ3) is 2.26. The van der Waals surface area contributed by atoms with Crippen molar-refractivity contribution in [2.24, 2.45) is 5.73 Å². The minimum atomic E-state index is -0.534. The largest absolute Gasteiger partial charge is 0.467 e. The maximum atomic E-state index is 11.8. The molecule has 3 heterocycles. The lowest BCUT2D eigenvalue weighted by Gasteiger charge is -2.23. The first-order valence-corrected chi connectivity index (χ1v) is 7.91. The number of hydrogen-bond donors (Lipinski definition) is 2. The summed E-state index contributed by atoms with van der Waals surface area (Å²) >= 11 is 0. The van der Waals surface area contributed by atoms with Crippen molar-refractivity contribution < 1.29 is 9.53 Å². The van der Waals surface area contributed by atoms with Crippen LogP contribution >= 0.6 is 0 Å². The van der Waals surface area contributed by atoms with Crippen molar-refractivity contribution in [2.75, 3.05) is 20.2 Å². The zero-order chi connectivity index (χ0) is 16.7. The molecule has 0 spiro atoms.